The van der Waals surface area contributed by atoms with Crippen molar-refractivity contribution in [1.82, 2.24) is 19.4 Å². The van der Waals surface area contributed by atoms with Crippen molar-refractivity contribution >= 4 is 22.6 Å². The number of aromatic nitrogens is 3. The Morgan fingerprint density at radius 3 is 2.80 bits per heavy atom. The minimum atomic E-state index is -0.0714. The number of hydrogen-bond donors (Lipinski definition) is 0. The van der Waals surface area contributed by atoms with Crippen molar-refractivity contribution in [2.75, 3.05) is 19.6 Å². The second kappa shape index (κ2) is 4.71. The molecule has 5 rings (SSSR count). The molecule has 3 saturated heterocycles. The summed E-state index contributed by atoms with van der Waals surface area (Å²) in [6, 6.07) is 2.59. The normalized spacial score (nSPS) is 30.8. The Morgan fingerprint density at radius 2 is 2.15 bits per heavy atom. The highest BCUT2D eigenvalue weighted by Crippen LogP contribution is 2.39. The van der Waals surface area contributed by atoms with Crippen LogP contribution in [0.3, 0.4) is 0 Å². The average Bonchev–Trinajstić information content (AvgIpc) is 2.88. The van der Waals surface area contributed by atoms with Crippen LogP contribution >= 0.6 is 11.6 Å². The summed E-state index contributed by atoms with van der Waals surface area (Å²) in [7, 11) is 0. The second-order valence-corrected chi connectivity index (χ2v) is 6.68. The number of nitrogens with zero attached hydrogens (tertiary/aromatic N) is 4. The lowest BCUT2D eigenvalue weighted by Crippen LogP contribution is -2.48. The van der Waals surface area contributed by atoms with E-state index in [2.05, 4.69) is 20.5 Å². The molecule has 0 aliphatic carbocycles. The number of fused-ring (bicyclic) bond motifs is 4. The third kappa shape index (κ3) is 1.85. The third-order valence-electron chi connectivity index (χ3n) is 4.83. The molecule has 5 heterocycles. The molecule has 2 bridgehead atoms. The molecule has 0 aromatic carbocycles. The number of rotatable bonds is 2. The van der Waals surface area contributed by atoms with Crippen LogP contribution < -0.4 is 0 Å². The lowest BCUT2D eigenvalue weighted by atomic mass is 9.83. The number of hydrogen-bond acceptors (Lipinski definition) is 3. The van der Waals surface area contributed by atoms with Gasteiger partial charge < -0.3 is 9.47 Å². The molecule has 0 N–H and O–H groups in total. The van der Waals surface area contributed by atoms with E-state index in [-0.39, 0.29) is 5.38 Å². The molecule has 0 saturated carbocycles. The first-order chi connectivity index (χ1) is 9.74. The molecular formula is C15H19ClN4. The van der Waals surface area contributed by atoms with E-state index < -0.39 is 0 Å². The SMILES string of the molecule is CC(Cl)c1nc2cnccc2n1C1CN2CCC1CC2. The molecule has 0 spiro atoms. The van der Waals surface area contributed by atoms with E-state index in [1.807, 2.05) is 19.3 Å². The van der Waals surface area contributed by atoms with Gasteiger partial charge in [0.2, 0.25) is 0 Å². The van der Waals surface area contributed by atoms with E-state index >= 15 is 0 Å². The minimum absolute atomic E-state index is 0.0714. The predicted octanol–water partition coefficient (Wildman–Crippen LogP) is 3.00. The lowest BCUT2D eigenvalue weighted by Gasteiger charge is -2.45. The van der Waals surface area contributed by atoms with Gasteiger partial charge in [-0.25, -0.2) is 4.98 Å². The topological polar surface area (TPSA) is 34.0 Å². The molecule has 2 aromatic rings. The van der Waals surface area contributed by atoms with Crippen molar-refractivity contribution in [2.45, 2.75) is 31.2 Å². The Balaban J connectivity index is 1.87. The number of alkyl halides is 1. The Morgan fingerprint density at radius 1 is 1.35 bits per heavy atom. The average molecular weight is 291 g/mol. The van der Waals surface area contributed by atoms with E-state index in [4.69, 9.17) is 16.6 Å². The maximum atomic E-state index is 6.38. The zero-order valence-electron chi connectivity index (χ0n) is 11.7. The number of imidazole rings is 1. The standard InChI is InChI=1S/C15H19ClN4/c1-10(16)15-18-12-8-17-5-2-13(12)20(15)14-9-19-6-3-11(14)4-7-19/h2,5,8,10-11,14H,3-4,6-7,9H2,1H3. The van der Waals surface area contributed by atoms with Crippen LogP contribution in [0.4, 0.5) is 0 Å². The molecule has 5 heteroatoms. The van der Waals surface area contributed by atoms with Gasteiger partial charge in [0, 0.05) is 12.7 Å². The summed E-state index contributed by atoms with van der Waals surface area (Å²) in [5, 5.41) is -0.0714. The van der Waals surface area contributed by atoms with Crippen LogP contribution in [0.1, 0.15) is 37.0 Å². The third-order valence-corrected chi connectivity index (χ3v) is 5.02. The molecule has 106 valence electrons. The van der Waals surface area contributed by atoms with E-state index in [9.17, 15) is 0 Å². The van der Waals surface area contributed by atoms with Crippen LogP contribution in [0, 0.1) is 5.92 Å². The zero-order chi connectivity index (χ0) is 13.7. The van der Waals surface area contributed by atoms with Gasteiger partial charge in [0.25, 0.3) is 0 Å². The van der Waals surface area contributed by atoms with Gasteiger partial charge in [-0.2, -0.15) is 0 Å². The van der Waals surface area contributed by atoms with E-state index in [0.717, 1.165) is 23.8 Å². The van der Waals surface area contributed by atoms with Crippen molar-refractivity contribution in [2.24, 2.45) is 5.92 Å². The minimum Gasteiger partial charge on any atom is -0.322 e. The van der Waals surface area contributed by atoms with Crippen molar-refractivity contribution in [1.29, 1.82) is 0 Å². The molecule has 3 aliphatic rings. The Kier molecular flexibility index (Phi) is 2.97. The Hall–Kier alpha value is -1.13. The number of halogens is 1. The van der Waals surface area contributed by atoms with Gasteiger partial charge in [0.1, 0.15) is 11.3 Å². The van der Waals surface area contributed by atoms with Gasteiger partial charge in [-0.15, -0.1) is 11.6 Å². The van der Waals surface area contributed by atoms with Gasteiger partial charge in [-0.3, -0.25) is 4.98 Å². The first kappa shape index (κ1) is 12.6. The molecule has 0 radical (unpaired) electrons. The van der Waals surface area contributed by atoms with Gasteiger partial charge in [-0.05, 0) is 44.8 Å². The van der Waals surface area contributed by atoms with Crippen LogP contribution in [0.15, 0.2) is 18.5 Å². The molecule has 4 nitrogen and oxygen atoms in total. The highest BCUT2D eigenvalue weighted by Gasteiger charge is 2.37. The fourth-order valence-electron chi connectivity index (χ4n) is 3.82. The summed E-state index contributed by atoms with van der Waals surface area (Å²) in [4.78, 5) is 11.5. The molecule has 3 aliphatic heterocycles. The van der Waals surface area contributed by atoms with Crippen LogP contribution in [-0.2, 0) is 0 Å². The summed E-state index contributed by atoms with van der Waals surface area (Å²) in [5.41, 5.74) is 2.15. The van der Waals surface area contributed by atoms with Crippen molar-refractivity contribution in [3.8, 4) is 0 Å². The van der Waals surface area contributed by atoms with Crippen LogP contribution in [0.2, 0.25) is 0 Å². The monoisotopic (exact) mass is 290 g/mol. The van der Waals surface area contributed by atoms with Crippen LogP contribution in [0.25, 0.3) is 11.0 Å². The number of pyridine rings is 1. The first-order valence-electron chi connectivity index (χ1n) is 7.42. The molecule has 2 atom stereocenters. The number of piperidine rings is 3. The van der Waals surface area contributed by atoms with Crippen LogP contribution in [0.5, 0.6) is 0 Å². The maximum Gasteiger partial charge on any atom is 0.128 e. The van der Waals surface area contributed by atoms with E-state index in [1.54, 1.807) is 0 Å². The summed E-state index contributed by atoms with van der Waals surface area (Å²) >= 11 is 6.38. The highest BCUT2D eigenvalue weighted by molar-refractivity contribution is 6.20. The van der Waals surface area contributed by atoms with Crippen molar-refractivity contribution in [3.05, 3.63) is 24.3 Å². The predicted molar refractivity (Wildman–Crippen MR) is 80.0 cm³/mol. The molecular weight excluding hydrogens is 272 g/mol. The van der Waals surface area contributed by atoms with Gasteiger partial charge in [-0.1, -0.05) is 0 Å². The quantitative estimate of drug-likeness (QED) is 0.798. The lowest BCUT2D eigenvalue weighted by molar-refractivity contribution is 0.0575. The molecule has 3 fully saturated rings. The van der Waals surface area contributed by atoms with Gasteiger partial charge >= 0.3 is 0 Å². The first-order valence-corrected chi connectivity index (χ1v) is 7.86. The maximum absolute atomic E-state index is 6.38. The van der Waals surface area contributed by atoms with E-state index in [0.29, 0.717) is 6.04 Å². The Labute approximate surface area is 123 Å². The molecule has 0 amide bonds. The van der Waals surface area contributed by atoms with Gasteiger partial charge in [0.15, 0.2) is 0 Å². The second-order valence-electron chi connectivity index (χ2n) is 6.03. The molecule has 2 unspecified atom stereocenters. The Bertz CT molecular complexity index is 628. The smallest absolute Gasteiger partial charge is 0.128 e. The summed E-state index contributed by atoms with van der Waals surface area (Å²) < 4.78 is 2.39. The van der Waals surface area contributed by atoms with Crippen molar-refractivity contribution < 1.29 is 0 Å². The highest BCUT2D eigenvalue weighted by atomic mass is 35.5. The zero-order valence-corrected chi connectivity index (χ0v) is 12.4. The fraction of sp³-hybridized carbons (Fsp3) is 0.600. The van der Waals surface area contributed by atoms with E-state index in [1.165, 1.54) is 31.4 Å². The van der Waals surface area contributed by atoms with Gasteiger partial charge in [0.05, 0.1) is 23.1 Å². The summed E-state index contributed by atoms with van der Waals surface area (Å²) in [5.74, 6) is 1.76. The van der Waals surface area contributed by atoms with Crippen molar-refractivity contribution in [3.63, 3.8) is 0 Å². The summed E-state index contributed by atoms with van der Waals surface area (Å²) in [6.07, 6.45) is 6.29. The van der Waals surface area contributed by atoms with Crippen LogP contribution in [-0.4, -0.2) is 39.1 Å². The summed E-state index contributed by atoms with van der Waals surface area (Å²) in [6.45, 7) is 5.64. The fourth-order valence-corrected chi connectivity index (χ4v) is 3.98. The molecule has 2 aromatic heterocycles. The molecule has 20 heavy (non-hydrogen) atoms. The largest absolute Gasteiger partial charge is 0.322 e.